The predicted molar refractivity (Wildman–Crippen MR) is 84.7 cm³/mol. The quantitative estimate of drug-likeness (QED) is 0.885. The summed E-state index contributed by atoms with van der Waals surface area (Å²) in [6, 6.07) is 6.93. The molecule has 1 N–H and O–H groups in total. The summed E-state index contributed by atoms with van der Waals surface area (Å²) in [6.07, 6.45) is 5.54. The lowest BCUT2D eigenvalue weighted by Gasteiger charge is -2.11. The van der Waals surface area contributed by atoms with Gasteiger partial charge in [-0.3, -0.25) is 0 Å². The van der Waals surface area contributed by atoms with Gasteiger partial charge in [0.2, 0.25) is 0 Å². The summed E-state index contributed by atoms with van der Waals surface area (Å²) in [6.45, 7) is 7.35. The zero-order valence-corrected chi connectivity index (χ0v) is 13.1. The van der Waals surface area contributed by atoms with Gasteiger partial charge in [0.15, 0.2) is 5.82 Å². The monoisotopic (exact) mass is 284 g/mol. The molecular weight excluding hydrogens is 260 g/mol. The van der Waals surface area contributed by atoms with Crippen molar-refractivity contribution < 1.29 is 0 Å². The first-order valence-electron chi connectivity index (χ1n) is 7.95. The molecule has 0 atom stereocenters. The number of pyridine rings is 1. The van der Waals surface area contributed by atoms with Gasteiger partial charge in [0.25, 0.3) is 0 Å². The van der Waals surface area contributed by atoms with Crippen LogP contribution in [-0.2, 0) is 13.0 Å². The average molecular weight is 284 g/mol. The van der Waals surface area contributed by atoms with Crippen molar-refractivity contribution >= 4 is 0 Å². The minimum atomic E-state index is 0.484. The molecule has 0 aliphatic heterocycles. The minimum Gasteiger partial charge on any atom is -0.310 e. The van der Waals surface area contributed by atoms with Gasteiger partial charge in [-0.1, -0.05) is 20.8 Å². The molecular formula is C17H24N4. The molecule has 0 radical (unpaired) electrons. The highest BCUT2D eigenvalue weighted by atomic mass is 15.3. The fourth-order valence-electron chi connectivity index (χ4n) is 2.42. The Balaban J connectivity index is 1.86. The van der Waals surface area contributed by atoms with Crippen molar-refractivity contribution in [1.82, 2.24) is 20.1 Å². The topological polar surface area (TPSA) is 42.7 Å². The molecule has 3 rings (SSSR count). The molecule has 0 aromatic carbocycles. The molecule has 0 saturated heterocycles. The molecule has 2 aromatic heterocycles. The second-order valence-electron chi connectivity index (χ2n) is 6.17. The Morgan fingerprint density at radius 2 is 2.14 bits per heavy atom. The normalized spacial score (nSPS) is 14.9. The predicted octanol–water partition coefficient (Wildman–Crippen LogP) is 3.21. The third kappa shape index (κ3) is 3.50. The van der Waals surface area contributed by atoms with Gasteiger partial charge in [-0.25, -0.2) is 9.67 Å². The Labute approximate surface area is 126 Å². The highest BCUT2D eigenvalue weighted by Crippen LogP contribution is 2.38. The lowest BCUT2D eigenvalue weighted by molar-refractivity contribution is 0.587. The highest BCUT2D eigenvalue weighted by molar-refractivity contribution is 5.31. The number of aryl methyl sites for hydroxylation is 1. The molecule has 0 spiro atoms. The molecule has 1 aliphatic rings. The molecule has 2 heterocycles. The zero-order valence-electron chi connectivity index (χ0n) is 13.1. The van der Waals surface area contributed by atoms with Crippen molar-refractivity contribution in [3.05, 3.63) is 41.3 Å². The maximum atomic E-state index is 4.72. The Hall–Kier alpha value is -1.68. The van der Waals surface area contributed by atoms with Crippen LogP contribution in [0.25, 0.3) is 5.82 Å². The van der Waals surface area contributed by atoms with Crippen molar-refractivity contribution in [2.45, 2.75) is 58.5 Å². The van der Waals surface area contributed by atoms with Gasteiger partial charge >= 0.3 is 0 Å². The molecule has 1 saturated carbocycles. The van der Waals surface area contributed by atoms with E-state index in [-0.39, 0.29) is 0 Å². The van der Waals surface area contributed by atoms with Crippen molar-refractivity contribution in [3.63, 3.8) is 0 Å². The molecule has 1 fully saturated rings. The Morgan fingerprint density at radius 1 is 1.33 bits per heavy atom. The van der Waals surface area contributed by atoms with Gasteiger partial charge in [0, 0.05) is 30.4 Å². The van der Waals surface area contributed by atoms with Crippen LogP contribution in [0.2, 0.25) is 0 Å². The van der Waals surface area contributed by atoms with E-state index in [1.54, 1.807) is 0 Å². The van der Waals surface area contributed by atoms with E-state index >= 15 is 0 Å². The van der Waals surface area contributed by atoms with Crippen molar-refractivity contribution in [3.8, 4) is 5.82 Å². The maximum absolute atomic E-state index is 4.72. The van der Waals surface area contributed by atoms with Gasteiger partial charge < -0.3 is 5.32 Å². The van der Waals surface area contributed by atoms with Gasteiger partial charge in [0.05, 0.1) is 5.69 Å². The van der Waals surface area contributed by atoms with Crippen LogP contribution in [0.5, 0.6) is 0 Å². The maximum Gasteiger partial charge on any atom is 0.153 e. The molecule has 4 heteroatoms. The smallest absolute Gasteiger partial charge is 0.153 e. The summed E-state index contributed by atoms with van der Waals surface area (Å²) < 4.78 is 1.92. The molecule has 112 valence electrons. The molecule has 4 nitrogen and oxygen atoms in total. The van der Waals surface area contributed by atoms with Gasteiger partial charge in [-0.2, -0.15) is 5.10 Å². The van der Waals surface area contributed by atoms with Crippen LogP contribution < -0.4 is 5.32 Å². The summed E-state index contributed by atoms with van der Waals surface area (Å²) in [5.41, 5.74) is 3.60. The first-order valence-corrected chi connectivity index (χ1v) is 7.95. The standard InChI is InChI=1S/C17H24N4/c1-4-15-9-13(11-18-12(2)3)10-17(19-15)21-8-7-16(20-21)14-5-6-14/h7-10,12,14,18H,4-6,11H2,1-3H3. The van der Waals surface area contributed by atoms with E-state index in [1.165, 1.54) is 24.1 Å². The fraction of sp³-hybridized carbons (Fsp3) is 0.529. The number of hydrogen-bond acceptors (Lipinski definition) is 3. The SMILES string of the molecule is CCc1cc(CNC(C)C)cc(-n2ccc(C3CC3)n2)n1. The van der Waals surface area contributed by atoms with Gasteiger partial charge in [-0.05, 0) is 43.0 Å². The molecule has 0 amide bonds. The molecule has 0 bridgehead atoms. The Bertz CT molecular complexity index is 611. The number of hydrogen-bond donors (Lipinski definition) is 1. The molecule has 21 heavy (non-hydrogen) atoms. The third-order valence-corrected chi connectivity index (χ3v) is 3.84. The first-order chi connectivity index (χ1) is 10.2. The number of rotatable bonds is 6. The summed E-state index contributed by atoms with van der Waals surface area (Å²) >= 11 is 0. The van der Waals surface area contributed by atoms with E-state index in [1.807, 2.05) is 10.9 Å². The van der Waals surface area contributed by atoms with Crippen molar-refractivity contribution in [2.24, 2.45) is 0 Å². The van der Waals surface area contributed by atoms with Crippen LogP contribution in [0, 0.1) is 0 Å². The third-order valence-electron chi connectivity index (χ3n) is 3.84. The summed E-state index contributed by atoms with van der Waals surface area (Å²) in [7, 11) is 0. The summed E-state index contributed by atoms with van der Waals surface area (Å²) in [5.74, 6) is 1.62. The fourth-order valence-corrected chi connectivity index (χ4v) is 2.42. The van der Waals surface area contributed by atoms with Crippen LogP contribution in [-0.4, -0.2) is 20.8 Å². The van der Waals surface area contributed by atoms with Crippen LogP contribution in [0.3, 0.4) is 0 Å². The summed E-state index contributed by atoms with van der Waals surface area (Å²) in [4.78, 5) is 4.72. The minimum absolute atomic E-state index is 0.484. The Morgan fingerprint density at radius 3 is 2.81 bits per heavy atom. The van der Waals surface area contributed by atoms with Gasteiger partial charge in [0.1, 0.15) is 0 Å². The first kappa shape index (κ1) is 14.3. The lowest BCUT2D eigenvalue weighted by Crippen LogP contribution is -2.22. The van der Waals surface area contributed by atoms with Crippen LogP contribution in [0.4, 0.5) is 0 Å². The van der Waals surface area contributed by atoms with E-state index in [0.717, 1.165) is 24.5 Å². The van der Waals surface area contributed by atoms with Crippen LogP contribution in [0.15, 0.2) is 24.4 Å². The molecule has 1 aliphatic carbocycles. The summed E-state index contributed by atoms with van der Waals surface area (Å²) in [5, 5.41) is 8.16. The second-order valence-corrected chi connectivity index (χ2v) is 6.17. The van der Waals surface area contributed by atoms with E-state index < -0.39 is 0 Å². The van der Waals surface area contributed by atoms with E-state index in [4.69, 9.17) is 4.98 Å². The molecule has 2 aromatic rings. The van der Waals surface area contributed by atoms with Crippen molar-refractivity contribution in [1.29, 1.82) is 0 Å². The lowest BCUT2D eigenvalue weighted by atomic mass is 10.2. The zero-order chi connectivity index (χ0) is 14.8. The van der Waals surface area contributed by atoms with Crippen LogP contribution >= 0.6 is 0 Å². The van der Waals surface area contributed by atoms with E-state index in [0.29, 0.717) is 12.0 Å². The second kappa shape index (κ2) is 5.98. The number of nitrogens with zero attached hydrogens (tertiary/aromatic N) is 3. The van der Waals surface area contributed by atoms with Crippen LogP contribution in [0.1, 0.15) is 56.5 Å². The average Bonchev–Trinajstić information content (AvgIpc) is 3.22. The van der Waals surface area contributed by atoms with Gasteiger partial charge in [-0.15, -0.1) is 0 Å². The Kier molecular flexibility index (Phi) is 4.06. The number of nitrogens with one attached hydrogen (secondary N) is 1. The van der Waals surface area contributed by atoms with E-state index in [2.05, 4.69) is 49.4 Å². The largest absolute Gasteiger partial charge is 0.310 e. The van der Waals surface area contributed by atoms with Crippen molar-refractivity contribution in [2.75, 3.05) is 0 Å². The van der Waals surface area contributed by atoms with E-state index in [9.17, 15) is 0 Å². The molecule has 0 unspecified atom stereocenters. The highest BCUT2D eigenvalue weighted by Gasteiger charge is 2.26. The number of aromatic nitrogens is 3.